The number of anilines is 2. The first-order valence-corrected chi connectivity index (χ1v) is 11.1. The van der Waals surface area contributed by atoms with E-state index in [0.29, 0.717) is 12.3 Å². The maximum absolute atomic E-state index is 12.5. The molecule has 1 saturated heterocycles. The molecule has 29 heavy (non-hydrogen) atoms. The van der Waals surface area contributed by atoms with E-state index in [0.717, 1.165) is 26.7 Å². The van der Waals surface area contributed by atoms with Gasteiger partial charge in [-0.1, -0.05) is 36.0 Å². The van der Waals surface area contributed by atoms with E-state index in [1.165, 1.54) is 11.8 Å². The van der Waals surface area contributed by atoms with Crippen molar-refractivity contribution < 1.29 is 9.59 Å². The molecule has 2 aromatic carbocycles. The maximum Gasteiger partial charge on any atom is 0.249 e. The summed E-state index contributed by atoms with van der Waals surface area (Å²) in [5, 5.41) is 4.48. The van der Waals surface area contributed by atoms with Gasteiger partial charge in [0.15, 0.2) is 0 Å². The van der Waals surface area contributed by atoms with Crippen molar-refractivity contribution in [3.8, 4) is 0 Å². The fraction of sp³-hybridized carbons (Fsp3) is 0.238. The van der Waals surface area contributed by atoms with Crippen molar-refractivity contribution in [3.05, 3.63) is 65.1 Å². The Hall–Kier alpha value is -2.42. The summed E-state index contributed by atoms with van der Waals surface area (Å²) in [5.41, 5.74) is 6.25. The standard InChI is InChI=1S/C21H22N4O2S2/c1-24(2)15-9-7-14(8-10-15)21-25(20(27)13-28-21)22-12-16-11-19(26)23-17-5-3-4-6-18(17)29-16/h3-11,21-22H,12-13H2,1-2H3,(H,23,26). The number of hydrogen-bond acceptors (Lipinski definition) is 6. The Labute approximate surface area is 178 Å². The zero-order valence-corrected chi connectivity index (χ0v) is 17.8. The Bertz CT molecular complexity index is 959. The Morgan fingerprint density at radius 3 is 2.66 bits per heavy atom. The van der Waals surface area contributed by atoms with Crippen molar-refractivity contribution in [2.75, 3.05) is 36.6 Å². The highest BCUT2D eigenvalue weighted by Gasteiger charge is 2.33. The average Bonchev–Trinajstić information content (AvgIpc) is 2.98. The van der Waals surface area contributed by atoms with Crippen LogP contribution in [0.4, 0.5) is 11.4 Å². The molecule has 0 aromatic heterocycles. The van der Waals surface area contributed by atoms with Gasteiger partial charge < -0.3 is 10.2 Å². The lowest BCUT2D eigenvalue weighted by molar-refractivity contribution is -0.131. The number of nitrogens with one attached hydrogen (secondary N) is 2. The van der Waals surface area contributed by atoms with Crippen LogP contribution in [0.2, 0.25) is 0 Å². The smallest absolute Gasteiger partial charge is 0.249 e. The van der Waals surface area contributed by atoms with E-state index in [1.54, 1.807) is 22.8 Å². The lowest BCUT2D eigenvalue weighted by atomic mass is 10.2. The lowest BCUT2D eigenvalue weighted by Crippen LogP contribution is -2.41. The second kappa shape index (κ2) is 8.52. The molecule has 0 spiro atoms. The van der Waals surface area contributed by atoms with E-state index in [4.69, 9.17) is 0 Å². The van der Waals surface area contributed by atoms with Crippen molar-refractivity contribution >= 4 is 46.7 Å². The number of hydrazine groups is 1. The second-order valence-corrected chi connectivity index (χ2v) is 9.18. The van der Waals surface area contributed by atoms with Gasteiger partial charge in [0, 0.05) is 42.2 Å². The molecular formula is C21H22N4O2S2. The Morgan fingerprint density at radius 2 is 1.90 bits per heavy atom. The van der Waals surface area contributed by atoms with Crippen LogP contribution < -0.4 is 15.6 Å². The highest BCUT2D eigenvalue weighted by molar-refractivity contribution is 8.03. The van der Waals surface area contributed by atoms with E-state index >= 15 is 0 Å². The highest BCUT2D eigenvalue weighted by atomic mass is 32.2. The molecule has 0 aliphatic carbocycles. The molecule has 2 aliphatic heterocycles. The SMILES string of the molecule is CN(C)c1ccc(C2SCC(=O)N2NCC2=CC(=O)Nc3ccccc3S2)cc1. The molecule has 1 unspecified atom stereocenters. The van der Waals surface area contributed by atoms with E-state index in [-0.39, 0.29) is 17.2 Å². The second-order valence-electron chi connectivity index (χ2n) is 6.95. The number of fused-ring (bicyclic) bond motifs is 1. The number of carbonyl (C=O) groups excluding carboxylic acids is 2. The van der Waals surface area contributed by atoms with Gasteiger partial charge in [-0.25, -0.2) is 5.43 Å². The average molecular weight is 427 g/mol. The van der Waals surface area contributed by atoms with Crippen molar-refractivity contribution in [2.24, 2.45) is 0 Å². The van der Waals surface area contributed by atoms with Gasteiger partial charge in [-0.2, -0.15) is 0 Å². The molecule has 2 N–H and O–H groups in total. The third-order valence-electron chi connectivity index (χ3n) is 4.66. The van der Waals surface area contributed by atoms with Crippen LogP contribution >= 0.6 is 23.5 Å². The molecule has 0 bridgehead atoms. The molecule has 6 nitrogen and oxygen atoms in total. The van der Waals surface area contributed by atoms with Crippen LogP contribution in [0.5, 0.6) is 0 Å². The van der Waals surface area contributed by atoms with Gasteiger partial charge in [-0.3, -0.25) is 14.6 Å². The summed E-state index contributed by atoms with van der Waals surface area (Å²) in [6.07, 6.45) is 1.59. The third-order valence-corrected chi connectivity index (χ3v) is 6.98. The zero-order chi connectivity index (χ0) is 20.4. The van der Waals surface area contributed by atoms with E-state index in [9.17, 15) is 9.59 Å². The number of nitrogens with zero attached hydrogens (tertiary/aromatic N) is 2. The molecule has 2 amide bonds. The van der Waals surface area contributed by atoms with Gasteiger partial charge in [-0.05, 0) is 29.8 Å². The van der Waals surface area contributed by atoms with Crippen molar-refractivity contribution in [2.45, 2.75) is 10.3 Å². The summed E-state index contributed by atoms with van der Waals surface area (Å²) < 4.78 is 0. The molecule has 2 heterocycles. The van der Waals surface area contributed by atoms with Crippen LogP contribution in [-0.2, 0) is 9.59 Å². The van der Waals surface area contributed by atoms with Crippen LogP contribution in [0.15, 0.2) is 64.4 Å². The molecule has 2 aliphatic rings. The molecule has 1 atom stereocenters. The molecule has 8 heteroatoms. The predicted octanol–water partition coefficient (Wildman–Crippen LogP) is 3.46. The molecule has 2 aromatic rings. The summed E-state index contributed by atoms with van der Waals surface area (Å²) >= 11 is 3.13. The number of rotatable bonds is 5. The van der Waals surface area contributed by atoms with Crippen LogP contribution in [0, 0.1) is 0 Å². The van der Waals surface area contributed by atoms with Crippen LogP contribution in [0.3, 0.4) is 0 Å². The van der Waals surface area contributed by atoms with E-state index < -0.39 is 0 Å². The van der Waals surface area contributed by atoms with Gasteiger partial charge in [0.25, 0.3) is 0 Å². The number of amides is 2. The Morgan fingerprint density at radius 1 is 1.14 bits per heavy atom. The normalized spacial score (nSPS) is 18.8. The number of carbonyl (C=O) groups is 2. The third kappa shape index (κ3) is 4.44. The van der Waals surface area contributed by atoms with Gasteiger partial charge in [-0.15, -0.1) is 11.8 Å². The summed E-state index contributed by atoms with van der Waals surface area (Å²) in [6, 6.07) is 15.9. The van der Waals surface area contributed by atoms with Gasteiger partial charge in [0.2, 0.25) is 11.8 Å². The minimum Gasteiger partial charge on any atom is -0.378 e. The monoisotopic (exact) mass is 426 g/mol. The summed E-state index contributed by atoms with van der Waals surface area (Å²) in [7, 11) is 4.01. The van der Waals surface area contributed by atoms with E-state index in [1.807, 2.05) is 43.3 Å². The minimum absolute atomic E-state index is 0.0424. The number of thioether (sulfide) groups is 2. The Kier molecular flexibility index (Phi) is 5.84. The molecule has 4 rings (SSSR count). The number of hydrogen-bond donors (Lipinski definition) is 2. The summed E-state index contributed by atoms with van der Waals surface area (Å²) in [5.74, 6) is 0.320. The zero-order valence-electron chi connectivity index (χ0n) is 16.2. The first-order valence-electron chi connectivity index (χ1n) is 9.24. The number of benzene rings is 2. The van der Waals surface area contributed by atoms with E-state index in [2.05, 4.69) is 35.0 Å². The molecular weight excluding hydrogens is 404 g/mol. The topological polar surface area (TPSA) is 64.7 Å². The molecule has 150 valence electrons. The Balaban J connectivity index is 1.47. The predicted molar refractivity (Wildman–Crippen MR) is 120 cm³/mol. The van der Waals surface area contributed by atoms with Gasteiger partial charge >= 0.3 is 0 Å². The quantitative estimate of drug-likeness (QED) is 0.763. The molecule has 1 fully saturated rings. The van der Waals surface area contributed by atoms with Gasteiger partial charge in [0.05, 0.1) is 11.4 Å². The summed E-state index contributed by atoms with van der Waals surface area (Å²) in [6.45, 7) is 0.408. The fourth-order valence-electron chi connectivity index (χ4n) is 3.17. The largest absolute Gasteiger partial charge is 0.378 e. The molecule has 0 saturated carbocycles. The van der Waals surface area contributed by atoms with Crippen molar-refractivity contribution in [1.29, 1.82) is 0 Å². The highest BCUT2D eigenvalue weighted by Crippen LogP contribution is 2.39. The van der Waals surface area contributed by atoms with Crippen molar-refractivity contribution in [3.63, 3.8) is 0 Å². The minimum atomic E-state index is -0.155. The number of para-hydroxylation sites is 1. The first-order chi connectivity index (χ1) is 14.0. The first kappa shape index (κ1) is 19.9. The lowest BCUT2D eigenvalue weighted by Gasteiger charge is -2.25. The fourth-order valence-corrected chi connectivity index (χ4v) is 5.26. The van der Waals surface area contributed by atoms with Crippen LogP contribution in [0.25, 0.3) is 0 Å². The maximum atomic E-state index is 12.5. The van der Waals surface area contributed by atoms with Gasteiger partial charge in [0.1, 0.15) is 5.37 Å². The van der Waals surface area contributed by atoms with Crippen LogP contribution in [0.1, 0.15) is 10.9 Å². The van der Waals surface area contributed by atoms with Crippen molar-refractivity contribution in [1.82, 2.24) is 10.4 Å². The molecule has 0 radical (unpaired) electrons. The van der Waals surface area contributed by atoms with Crippen LogP contribution in [-0.4, -0.2) is 43.2 Å². The summed E-state index contributed by atoms with van der Waals surface area (Å²) in [4.78, 5) is 28.5.